The highest BCUT2D eigenvalue weighted by Crippen LogP contribution is 2.40. The second-order valence-corrected chi connectivity index (χ2v) is 6.07. The molecule has 18 heavy (non-hydrogen) atoms. The lowest BCUT2D eigenvalue weighted by atomic mass is 10.0. The molecular weight excluding hydrogens is 218 g/mol. The van der Waals surface area contributed by atoms with E-state index < -0.39 is 0 Å². The maximum atomic E-state index is 3.51. The van der Waals surface area contributed by atoms with Gasteiger partial charge in [-0.2, -0.15) is 0 Å². The summed E-state index contributed by atoms with van der Waals surface area (Å²) in [7, 11) is 0. The van der Waals surface area contributed by atoms with E-state index in [4.69, 9.17) is 0 Å². The molecule has 0 bridgehead atoms. The molecule has 1 aliphatic carbocycles. The van der Waals surface area contributed by atoms with E-state index in [0.717, 1.165) is 18.4 Å². The average molecular weight is 245 g/mol. The summed E-state index contributed by atoms with van der Waals surface area (Å²) in [5.41, 5.74) is 3.11. The van der Waals surface area contributed by atoms with E-state index in [-0.39, 0.29) is 0 Å². The average Bonchev–Trinajstić information content (AvgIpc) is 3.18. The van der Waals surface area contributed by atoms with E-state index in [1.807, 2.05) is 0 Å². The van der Waals surface area contributed by atoms with E-state index in [2.05, 4.69) is 43.4 Å². The largest absolute Gasteiger partial charge is 0.316 e. The highest BCUT2D eigenvalue weighted by atomic mass is 14.8. The standard InChI is InChI=1S/C17H27N/c1-14(2)13-18-11-4-3-6-15-7-5-8-17(12-15)16-9-10-16/h5,7-8,12,14,16,18H,3-4,6,9-11,13H2,1-2H3. The predicted molar refractivity (Wildman–Crippen MR) is 79.1 cm³/mol. The first-order valence-corrected chi connectivity index (χ1v) is 7.55. The summed E-state index contributed by atoms with van der Waals surface area (Å²) in [5.74, 6) is 1.65. The van der Waals surface area contributed by atoms with E-state index >= 15 is 0 Å². The minimum Gasteiger partial charge on any atom is -0.316 e. The molecule has 0 unspecified atom stereocenters. The molecule has 1 heteroatoms. The second kappa shape index (κ2) is 6.94. The molecule has 1 aliphatic rings. The van der Waals surface area contributed by atoms with Crippen molar-refractivity contribution in [2.45, 2.75) is 51.9 Å². The number of unbranched alkanes of at least 4 members (excludes halogenated alkanes) is 1. The van der Waals surface area contributed by atoms with Gasteiger partial charge in [0.05, 0.1) is 0 Å². The van der Waals surface area contributed by atoms with Crippen molar-refractivity contribution in [2.24, 2.45) is 5.92 Å². The van der Waals surface area contributed by atoms with E-state index in [9.17, 15) is 0 Å². The number of hydrogen-bond donors (Lipinski definition) is 1. The van der Waals surface area contributed by atoms with Crippen LogP contribution in [0.5, 0.6) is 0 Å². The summed E-state index contributed by atoms with van der Waals surface area (Å²) in [6, 6.07) is 9.25. The van der Waals surface area contributed by atoms with Gasteiger partial charge in [0.25, 0.3) is 0 Å². The van der Waals surface area contributed by atoms with Crippen molar-refractivity contribution in [3.05, 3.63) is 35.4 Å². The smallest absolute Gasteiger partial charge is 0.00258 e. The van der Waals surface area contributed by atoms with Crippen LogP contribution in [0.1, 0.15) is 56.6 Å². The molecule has 0 spiro atoms. The fourth-order valence-electron chi connectivity index (χ4n) is 2.39. The topological polar surface area (TPSA) is 12.0 Å². The first kappa shape index (κ1) is 13.6. The minimum absolute atomic E-state index is 0.764. The van der Waals surface area contributed by atoms with Crippen LogP contribution in [0.25, 0.3) is 0 Å². The van der Waals surface area contributed by atoms with Crippen molar-refractivity contribution in [1.82, 2.24) is 5.32 Å². The van der Waals surface area contributed by atoms with Gasteiger partial charge in [0, 0.05) is 0 Å². The van der Waals surface area contributed by atoms with Crippen LogP contribution in [0.15, 0.2) is 24.3 Å². The normalized spacial score (nSPS) is 15.3. The fourth-order valence-corrected chi connectivity index (χ4v) is 2.39. The van der Waals surface area contributed by atoms with Crippen molar-refractivity contribution in [2.75, 3.05) is 13.1 Å². The van der Waals surface area contributed by atoms with E-state index in [1.165, 1.54) is 44.2 Å². The van der Waals surface area contributed by atoms with E-state index in [1.54, 1.807) is 5.56 Å². The summed E-state index contributed by atoms with van der Waals surface area (Å²) in [6.45, 7) is 6.84. The first-order chi connectivity index (χ1) is 8.75. The summed E-state index contributed by atoms with van der Waals surface area (Å²) >= 11 is 0. The number of aryl methyl sites for hydroxylation is 1. The molecule has 0 amide bonds. The van der Waals surface area contributed by atoms with Crippen LogP contribution in [-0.4, -0.2) is 13.1 Å². The Morgan fingerprint density at radius 2 is 2.06 bits per heavy atom. The molecule has 0 radical (unpaired) electrons. The molecule has 0 heterocycles. The van der Waals surface area contributed by atoms with Gasteiger partial charge in [0.15, 0.2) is 0 Å². The van der Waals surface area contributed by atoms with Gasteiger partial charge >= 0.3 is 0 Å². The molecule has 100 valence electrons. The number of benzene rings is 1. The van der Waals surface area contributed by atoms with Crippen LogP contribution in [0.3, 0.4) is 0 Å². The third kappa shape index (κ3) is 4.81. The lowest BCUT2D eigenvalue weighted by Gasteiger charge is -2.07. The van der Waals surface area contributed by atoms with Gasteiger partial charge in [-0.05, 0) is 68.2 Å². The molecule has 0 atom stereocenters. The van der Waals surface area contributed by atoms with Gasteiger partial charge in [0.1, 0.15) is 0 Å². The third-order valence-corrected chi connectivity index (χ3v) is 3.62. The van der Waals surface area contributed by atoms with Gasteiger partial charge in [-0.15, -0.1) is 0 Å². The fraction of sp³-hybridized carbons (Fsp3) is 0.647. The van der Waals surface area contributed by atoms with Crippen molar-refractivity contribution in [3.8, 4) is 0 Å². The molecule has 2 rings (SSSR count). The first-order valence-electron chi connectivity index (χ1n) is 7.55. The lowest BCUT2D eigenvalue weighted by molar-refractivity contribution is 0.535. The Bertz CT molecular complexity index is 352. The highest BCUT2D eigenvalue weighted by molar-refractivity contribution is 5.29. The van der Waals surface area contributed by atoms with Crippen LogP contribution < -0.4 is 5.32 Å². The van der Waals surface area contributed by atoms with Gasteiger partial charge in [-0.25, -0.2) is 0 Å². The van der Waals surface area contributed by atoms with Crippen LogP contribution in [0.4, 0.5) is 0 Å². The monoisotopic (exact) mass is 245 g/mol. The Morgan fingerprint density at radius 3 is 2.78 bits per heavy atom. The Hall–Kier alpha value is -0.820. The number of nitrogens with one attached hydrogen (secondary N) is 1. The molecule has 1 nitrogen and oxygen atoms in total. The quantitative estimate of drug-likeness (QED) is 0.679. The summed E-state index contributed by atoms with van der Waals surface area (Å²) < 4.78 is 0. The SMILES string of the molecule is CC(C)CNCCCCc1cccc(C2CC2)c1. The number of rotatable bonds is 8. The zero-order chi connectivity index (χ0) is 12.8. The summed E-state index contributed by atoms with van der Waals surface area (Å²) in [4.78, 5) is 0. The molecule has 1 saturated carbocycles. The Labute approximate surface area is 112 Å². The lowest BCUT2D eigenvalue weighted by Crippen LogP contribution is -2.20. The Balaban J connectivity index is 1.62. The zero-order valence-corrected chi connectivity index (χ0v) is 11.9. The molecule has 0 aliphatic heterocycles. The Morgan fingerprint density at radius 1 is 1.22 bits per heavy atom. The molecule has 1 N–H and O–H groups in total. The van der Waals surface area contributed by atoms with Crippen LogP contribution >= 0.6 is 0 Å². The van der Waals surface area contributed by atoms with Crippen LogP contribution in [-0.2, 0) is 6.42 Å². The van der Waals surface area contributed by atoms with Gasteiger partial charge in [0.2, 0.25) is 0 Å². The van der Waals surface area contributed by atoms with Crippen molar-refractivity contribution in [3.63, 3.8) is 0 Å². The zero-order valence-electron chi connectivity index (χ0n) is 11.9. The van der Waals surface area contributed by atoms with Crippen LogP contribution in [0.2, 0.25) is 0 Å². The second-order valence-electron chi connectivity index (χ2n) is 6.07. The molecule has 0 saturated heterocycles. The van der Waals surface area contributed by atoms with Gasteiger partial charge in [-0.3, -0.25) is 0 Å². The maximum absolute atomic E-state index is 3.51. The summed E-state index contributed by atoms with van der Waals surface area (Å²) in [6.07, 6.45) is 6.65. The van der Waals surface area contributed by atoms with E-state index in [0.29, 0.717) is 0 Å². The Kier molecular flexibility index (Phi) is 5.25. The van der Waals surface area contributed by atoms with Crippen LogP contribution in [0, 0.1) is 5.92 Å². The van der Waals surface area contributed by atoms with Gasteiger partial charge < -0.3 is 5.32 Å². The number of hydrogen-bond acceptors (Lipinski definition) is 1. The summed E-state index contributed by atoms with van der Waals surface area (Å²) in [5, 5.41) is 3.51. The van der Waals surface area contributed by atoms with Crippen molar-refractivity contribution in [1.29, 1.82) is 0 Å². The molecule has 1 aromatic carbocycles. The predicted octanol–water partition coefficient (Wildman–Crippen LogP) is 4.13. The molecule has 1 aromatic rings. The van der Waals surface area contributed by atoms with Crippen molar-refractivity contribution >= 4 is 0 Å². The highest BCUT2D eigenvalue weighted by Gasteiger charge is 2.23. The van der Waals surface area contributed by atoms with Crippen molar-refractivity contribution < 1.29 is 0 Å². The molecular formula is C17H27N. The van der Waals surface area contributed by atoms with Gasteiger partial charge in [-0.1, -0.05) is 38.1 Å². The molecule has 1 fully saturated rings. The molecule has 0 aromatic heterocycles. The third-order valence-electron chi connectivity index (χ3n) is 3.62. The minimum atomic E-state index is 0.764. The maximum Gasteiger partial charge on any atom is -0.00258 e.